The second kappa shape index (κ2) is 15.6. The van der Waals surface area contributed by atoms with Gasteiger partial charge in [0.2, 0.25) is 11.7 Å². The van der Waals surface area contributed by atoms with Gasteiger partial charge >= 0.3 is 0 Å². The highest BCUT2D eigenvalue weighted by Gasteiger charge is 2.24. The molecule has 0 fully saturated rings. The van der Waals surface area contributed by atoms with Crippen LogP contribution < -0.4 is 10.6 Å². The van der Waals surface area contributed by atoms with E-state index in [-0.39, 0.29) is 18.4 Å². The predicted molar refractivity (Wildman–Crippen MR) is 175 cm³/mol. The number of nitrogens with one attached hydrogen (secondary N) is 2. The van der Waals surface area contributed by atoms with Gasteiger partial charge in [-0.1, -0.05) is 105 Å². The molecule has 5 aromatic rings. The van der Waals surface area contributed by atoms with Gasteiger partial charge in [0, 0.05) is 16.1 Å². The van der Waals surface area contributed by atoms with E-state index in [0.717, 1.165) is 16.7 Å². The lowest BCUT2D eigenvalue weighted by atomic mass is 9.94. The third-order valence-corrected chi connectivity index (χ3v) is 7.50. The van der Waals surface area contributed by atoms with Gasteiger partial charge < -0.3 is 15.1 Å². The maximum absolute atomic E-state index is 13.3. The first kappa shape index (κ1) is 32.2. The van der Waals surface area contributed by atoms with Crippen molar-refractivity contribution in [1.29, 1.82) is 0 Å². The third kappa shape index (κ3) is 8.20. The lowest BCUT2D eigenvalue weighted by Gasteiger charge is -2.20. The molecule has 2 unspecified atom stereocenters. The average Bonchev–Trinajstić information content (AvgIpc) is 3.51. The van der Waals surface area contributed by atoms with E-state index in [1.54, 1.807) is 36.4 Å². The summed E-state index contributed by atoms with van der Waals surface area (Å²) >= 11 is 6.32. The molecule has 2 N–H and O–H groups in total. The summed E-state index contributed by atoms with van der Waals surface area (Å²) in [6.45, 7) is 5.77. The summed E-state index contributed by atoms with van der Waals surface area (Å²) in [6.07, 6.45) is 1.02. The zero-order valence-corrected chi connectivity index (χ0v) is 25.8. The fourth-order valence-electron chi connectivity index (χ4n) is 4.73. The number of carbonyl (C=O) groups is 3. The number of rotatable bonds is 11. The summed E-state index contributed by atoms with van der Waals surface area (Å²) < 4.78 is 5.53. The van der Waals surface area contributed by atoms with Crippen molar-refractivity contribution in [1.82, 2.24) is 15.6 Å². The summed E-state index contributed by atoms with van der Waals surface area (Å²) in [7, 11) is 0. The van der Waals surface area contributed by atoms with Crippen LogP contribution >= 0.6 is 11.6 Å². The minimum Gasteiger partial charge on any atom is -0.434 e. The van der Waals surface area contributed by atoms with Crippen LogP contribution in [0.25, 0.3) is 22.2 Å². The molecule has 0 saturated carbocycles. The first-order chi connectivity index (χ1) is 21.4. The number of carbonyl (C=O) groups excluding carboxylic acids is 3. The van der Waals surface area contributed by atoms with Gasteiger partial charge in [-0.2, -0.15) is 0 Å². The standard InChI is InChI=1S/C34H30ClN3O4.C2H6/c1-22(23-9-3-2-4-10-23)15-20-29(33(41)36-21-30(39)34-38-28-13-7-8-14-31(28)42-34)37-32(40)25-18-16-24(17-19-25)26-11-5-6-12-27(26)35;1-2/h2-14,16-19,22,29H,15,20-21H2,1H3,(H,36,41)(H,37,40);1-2H3. The summed E-state index contributed by atoms with van der Waals surface area (Å²) in [5, 5.41) is 6.15. The number of halogens is 1. The highest BCUT2D eigenvalue weighted by molar-refractivity contribution is 6.33. The number of para-hydroxylation sites is 2. The van der Waals surface area contributed by atoms with Crippen molar-refractivity contribution in [3.05, 3.63) is 125 Å². The van der Waals surface area contributed by atoms with Crippen LogP contribution in [0.2, 0.25) is 5.02 Å². The highest BCUT2D eigenvalue weighted by Crippen LogP contribution is 2.28. The number of aromatic nitrogens is 1. The van der Waals surface area contributed by atoms with E-state index in [2.05, 4.69) is 22.5 Å². The predicted octanol–water partition coefficient (Wildman–Crippen LogP) is 7.86. The van der Waals surface area contributed by atoms with Gasteiger partial charge in [-0.25, -0.2) is 4.98 Å². The topological polar surface area (TPSA) is 101 Å². The Morgan fingerprint density at radius 2 is 1.48 bits per heavy atom. The van der Waals surface area contributed by atoms with Crippen molar-refractivity contribution >= 4 is 40.3 Å². The first-order valence-electron chi connectivity index (χ1n) is 14.8. The van der Waals surface area contributed by atoms with Gasteiger partial charge in [0.05, 0.1) is 6.54 Å². The minimum atomic E-state index is -0.858. The minimum absolute atomic E-state index is 0.0756. The maximum Gasteiger partial charge on any atom is 0.266 e. The molecule has 1 heterocycles. The molecule has 0 radical (unpaired) electrons. The zero-order valence-electron chi connectivity index (χ0n) is 25.0. The lowest BCUT2D eigenvalue weighted by molar-refractivity contribution is -0.123. The zero-order chi connectivity index (χ0) is 31.5. The van der Waals surface area contributed by atoms with E-state index in [1.165, 1.54) is 0 Å². The monoisotopic (exact) mass is 609 g/mol. The smallest absolute Gasteiger partial charge is 0.266 e. The summed E-state index contributed by atoms with van der Waals surface area (Å²) in [5.74, 6) is -1.22. The normalized spacial score (nSPS) is 12.0. The fourth-order valence-corrected chi connectivity index (χ4v) is 4.97. The number of oxazole rings is 1. The number of Topliss-reactive ketones (excluding diaryl/α,β-unsaturated/α-hetero) is 1. The molecule has 7 nitrogen and oxygen atoms in total. The van der Waals surface area contributed by atoms with Crippen LogP contribution in [-0.2, 0) is 4.79 Å². The molecule has 1 aromatic heterocycles. The average molecular weight is 610 g/mol. The van der Waals surface area contributed by atoms with Crippen LogP contribution in [0.4, 0.5) is 0 Å². The summed E-state index contributed by atoms with van der Waals surface area (Å²) in [5.41, 5.74) is 4.34. The van der Waals surface area contributed by atoms with Gasteiger partial charge in [-0.05, 0) is 60.2 Å². The Morgan fingerprint density at radius 1 is 0.818 bits per heavy atom. The van der Waals surface area contributed by atoms with Crippen LogP contribution in [0.1, 0.15) is 66.1 Å². The highest BCUT2D eigenvalue weighted by atomic mass is 35.5. The van der Waals surface area contributed by atoms with Crippen LogP contribution in [0, 0.1) is 0 Å². The van der Waals surface area contributed by atoms with E-state index in [0.29, 0.717) is 34.5 Å². The molecule has 0 aliphatic carbocycles. The number of nitrogens with zero attached hydrogens (tertiary/aromatic N) is 1. The lowest BCUT2D eigenvalue weighted by Crippen LogP contribution is -2.48. The van der Waals surface area contributed by atoms with Crippen molar-refractivity contribution in [2.75, 3.05) is 6.54 Å². The van der Waals surface area contributed by atoms with E-state index in [9.17, 15) is 14.4 Å². The Labute approximate surface area is 262 Å². The van der Waals surface area contributed by atoms with Crippen LogP contribution in [0.5, 0.6) is 0 Å². The van der Waals surface area contributed by atoms with Crippen LogP contribution in [0.15, 0.2) is 108 Å². The van der Waals surface area contributed by atoms with E-state index >= 15 is 0 Å². The molecule has 0 aliphatic heterocycles. The Balaban J connectivity index is 0.00000216. The molecular formula is C36H36ClN3O4. The fraction of sp³-hybridized carbons (Fsp3) is 0.222. The SMILES string of the molecule is CC.CC(CCC(NC(=O)c1ccc(-c2ccccc2Cl)cc1)C(=O)NCC(=O)c1nc2ccccc2o1)c1ccccc1. The number of fused-ring (bicyclic) bond motifs is 1. The first-order valence-corrected chi connectivity index (χ1v) is 15.1. The molecule has 226 valence electrons. The van der Waals surface area contributed by atoms with E-state index in [4.69, 9.17) is 16.0 Å². The Bertz CT molecular complexity index is 1670. The molecule has 8 heteroatoms. The van der Waals surface area contributed by atoms with Gasteiger partial charge in [-0.3, -0.25) is 14.4 Å². The number of ketones is 1. The molecule has 2 atom stereocenters. The molecule has 0 bridgehead atoms. The molecule has 2 amide bonds. The number of hydrogen-bond donors (Lipinski definition) is 2. The molecule has 0 saturated heterocycles. The Kier molecular flexibility index (Phi) is 11.4. The quantitative estimate of drug-likeness (QED) is 0.148. The summed E-state index contributed by atoms with van der Waals surface area (Å²) in [4.78, 5) is 43.5. The molecule has 44 heavy (non-hydrogen) atoms. The third-order valence-electron chi connectivity index (χ3n) is 7.17. The van der Waals surface area contributed by atoms with Gasteiger partial charge in [0.25, 0.3) is 11.8 Å². The molecule has 0 spiro atoms. The maximum atomic E-state index is 13.3. The van der Waals surface area contributed by atoms with Gasteiger partial charge in [0.15, 0.2) is 5.58 Å². The molecule has 4 aromatic carbocycles. The van der Waals surface area contributed by atoms with Crippen molar-refractivity contribution in [2.24, 2.45) is 0 Å². The van der Waals surface area contributed by atoms with Gasteiger partial charge in [-0.15, -0.1) is 0 Å². The number of amides is 2. The number of benzene rings is 4. The largest absolute Gasteiger partial charge is 0.434 e. The van der Waals surface area contributed by atoms with Crippen LogP contribution in [-0.4, -0.2) is 35.2 Å². The summed E-state index contributed by atoms with van der Waals surface area (Å²) in [6, 6.07) is 30.7. The molecular weight excluding hydrogens is 574 g/mol. The Morgan fingerprint density at radius 3 is 2.18 bits per heavy atom. The molecule has 0 aliphatic rings. The number of hydrogen-bond acceptors (Lipinski definition) is 5. The van der Waals surface area contributed by atoms with Gasteiger partial charge in [0.1, 0.15) is 11.6 Å². The van der Waals surface area contributed by atoms with Crippen molar-refractivity contribution < 1.29 is 18.8 Å². The Hall–Kier alpha value is -4.75. The van der Waals surface area contributed by atoms with Crippen molar-refractivity contribution in [3.8, 4) is 11.1 Å². The second-order valence-electron chi connectivity index (χ2n) is 10.1. The van der Waals surface area contributed by atoms with Crippen LogP contribution in [0.3, 0.4) is 0 Å². The van der Waals surface area contributed by atoms with E-state index in [1.807, 2.05) is 80.6 Å². The molecule has 5 rings (SSSR count). The van der Waals surface area contributed by atoms with E-state index < -0.39 is 23.6 Å². The van der Waals surface area contributed by atoms with Crippen molar-refractivity contribution in [2.45, 2.75) is 45.6 Å². The van der Waals surface area contributed by atoms with Crippen molar-refractivity contribution in [3.63, 3.8) is 0 Å². The second-order valence-corrected chi connectivity index (χ2v) is 10.5.